The van der Waals surface area contributed by atoms with Crippen molar-refractivity contribution in [2.75, 3.05) is 31.2 Å². The molecular weight excluding hydrogens is 366 g/mol. The van der Waals surface area contributed by atoms with Gasteiger partial charge < -0.3 is 9.64 Å². The molecular formula is C21H25N7O. The second kappa shape index (κ2) is 7.17. The van der Waals surface area contributed by atoms with Gasteiger partial charge in [-0.2, -0.15) is 14.9 Å². The third kappa shape index (κ3) is 3.07. The molecule has 5 rings (SSSR count). The van der Waals surface area contributed by atoms with Crippen LogP contribution in [0, 0.1) is 12.3 Å². The van der Waals surface area contributed by atoms with Gasteiger partial charge in [-0.25, -0.2) is 4.98 Å². The van der Waals surface area contributed by atoms with Gasteiger partial charge >= 0.3 is 0 Å². The van der Waals surface area contributed by atoms with Crippen molar-refractivity contribution in [2.24, 2.45) is 0 Å². The first-order valence-electron chi connectivity index (χ1n) is 10.1. The van der Waals surface area contributed by atoms with E-state index in [-0.39, 0.29) is 12.1 Å². The van der Waals surface area contributed by atoms with Crippen LogP contribution in [0.1, 0.15) is 25.1 Å². The van der Waals surface area contributed by atoms with Gasteiger partial charge in [-0.3, -0.25) is 10.00 Å². The van der Waals surface area contributed by atoms with E-state index >= 15 is 0 Å². The highest BCUT2D eigenvalue weighted by atomic mass is 16.5. The maximum atomic E-state index is 5.73. The van der Waals surface area contributed by atoms with Crippen LogP contribution in [-0.2, 0) is 17.7 Å². The number of aromatic nitrogens is 5. The second-order valence-corrected chi connectivity index (χ2v) is 7.81. The third-order valence-electron chi connectivity index (χ3n) is 5.94. The number of ether oxygens (including phenoxy) is 1. The number of anilines is 1. The number of H-pyrrole nitrogens is 1. The zero-order chi connectivity index (χ0) is 20.0. The molecule has 150 valence electrons. The number of hydrogen-bond acceptors (Lipinski definition) is 6. The normalized spacial score (nSPS) is 21.1. The van der Waals surface area contributed by atoms with E-state index in [1.54, 1.807) is 6.20 Å². The predicted octanol–water partition coefficient (Wildman–Crippen LogP) is 1.75. The lowest BCUT2D eigenvalue weighted by Gasteiger charge is -2.34. The van der Waals surface area contributed by atoms with Crippen LogP contribution in [0.25, 0.3) is 16.9 Å². The first-order chi connectivity index (χ1) is 14.2. The SMILES string of the molecule is C#CC(C)N1CCc2nn(-c3cc[nH]n3)c3nc(N4CCOC[C@H]4C)cc(c23)C1. The van der Waals surface area contributed by atoms with Gasteiger partial charge in [0.2, 0.25) is 0 Å². The molecule has 0 amide bonds. The zero-order valence-electron chi connectivity index (χ0n) is 16.8. The summed E-state index contributed by atoms with van der Waals surface area (Å²) in [5, 5.41) is 13.2. The molecule has 0 bridgehead atoms. The second-order valence-electron chi connectivity index (χ2n) is 7.81. The lowest BCUT2D eigenvalue weighted by molar-refractivity contribution is 0.0985. The lowest BCUT2D eigenvalue weighted by Crippen LogP contribution is -2.44. The highest BCUT2D eigenvalue weighted by Crippen LogP contribution is 2.32. The minimum atomic E-state index is 0.0754. The molecule has 3 aromatic heterocycles. The Labute approximate surface area is 169 Å². The average molecular weight is 391 g/mol. The molecule has 2 aliphatic heterocycles. The van der Waals surface area contributed by atoms with E-state index in [1.807, 2.05) is 10.7 Å². The van der Waals surface area contributed by atoms with Crippen molar-refractivity contribution in [1.82, 2.24) is 29.9 Å². The number of rotatable bonds is 3. The predicted molar refractivity (Wildman–Crippen MR) is 111 cm³/mol. The Bertz CT molecular complexity index is 1070. The lowest BCUT2D eigenvalue weighted by atomic mass is 10.1. The van der Waals surface area contributed by atoms with Crippen LogP contribution < -0.4 is 4.90 Å². The molecule has 0 saturated carbocycles. The van der Waals surface area contributed by atoms with Crippen molar-refractivity contribution >= 4 is 16.9 Å². The molecule has 0 radical (unpaired) electrons. The molecule has 2 aliphatic rings. The highest BCUT2D eigenvalue weighted by molar-refractivity contribution is 5.86. The Morgan fingerprint density at radius 3 is 3.00 bits per heavy atom. The zero-order valence-corrected chi connectivity index (χ0v) is 16.8. The van der Waals surface area contributed by atoms with E-state index in [0.717, 1.165) is 54.4 Å². The molecule has 8 nitrogen and oxygen atoms in total. The van der Waals surface area contributed by atoms with Gasteiger partial charge in [-0.1, -0.05) is 5.92 Å². The van der Waals surface area contributed by atoms with Gasteiger partial charge in [0.15, 0.2) is 11.5 Å². The third-order valence-corrected chi connectivity index (χ3v) is 5.94. The van der Waals surface area contributed by atoms with Crippen molar-refractivity contribution in [3.05, 3.63) is 29.6 Å². The Kier molecular flexibility index (Phi) is 4.49. The number of terminal acetylenes is 1. The average Bonchev–Trinajstić information content (AvgIpc) is 3.34. The molecule has 2 atom stereocenters. The standard InChI is InChI=1S/C21H25N7O/c1-4-14(2)26-8-6-17-20-16(12-26)11-19(27-9-10-29-13-15(27)3)23-21(20)28(25-17)18-5-7-22-24-18/h1,5,7,11,14-15H,6,8-10,12-13H2,2-3H3,(H,22,24)/t14?,15-/m1/s1. The largest absolute Gasteiger partial charge is 0.377 e. The maximum absolute atomic E-state index is 5.73. The van der Waals surface area contributed by atoms with E-state index in [9.17, 15) is 0 Å². The Morgan fingerprint density at radius 2 is 2.24 bits per heavy atom. The fourth-order valence-corrected chi connectivity index (χ4v) is 4.28. The summed E-state index contributed by atoms with van der Waals surface area (Å²) in [5.41, 5.74) is 3.13. The molecule has 0 spiro atoms. The number of aromatic amines is 1. The van der Waals surface area contributed by atoms with Crippen molar-refractivity contribution in [2.45, 2.75) is 38.9 Å². The van der Waals surface area contributed by atoms with Crippen molar-refractivity contribution in [3.8, 4) is 18.2 Å². The van der Waals surface area contributed by atoms with Gasteiger partial charge in [0.25, 0.3) is 0 Å². The summed E-state index contributed by atoms with van der Waals surface area (Å²) in [5.74, 6) is 4.59. The summed E-state index contributed by atoms with van der Waals surface area (Å²) in [6, 6.07) is 4.48. The number of hydrogen-bond donors (Lipinski definition) is 1. The van der Waals surface area contributed by atoms with Crippen LogP contribution in [0.2, 0.25) is 0 Å². The van der Waals surface area contributed by atoms with Crippen LogP contribution in [0.5, 0.6) is 0 Å². The number of nitrogens with zero attached hydrogens (tertiary/aromatic N) is 6. The van der Waals surface area contributed by atoms with Gasteiger partial charge in [0.1, 0.15) is 5.82 Å². The molecule has 8 heteroatoms. The minimum Gasteiger partial charge on any atom is -0.377 e. The van der Waals surface area contributed by atoms with Crippen LogP contribution in [0.4, 0.5) is 5.82 Å². The minimum absolute atomic E-state index is 0.0754. The Morgan fingerprint density at radius 1 is 1.34 bits per heavy atom. The Hall–Kier alpha value is -2.89. The topological polar surface area (TPSA) is 75.1 Å². The summed E-state index contributed by atoms with van der Waals surface area (Å²) >= 11 is 0. The first kappa shape index (κ1) is 18.2. The van der Waals surface area contributed by atoms with E-state index < -0.39 is 0 Å². The van der Waals surface area contributed by atoms with Gasteiger partial charge in [-0.15, -0.1) is 6.42 Å². The van der Waals surface area contributed by atoms with Gasteiger partial charge in [-0.05, 0) is 25.5 Å². The van der Waals surface area contributed by atoms with Gasteiger partial charge in [0, 0.05) is 43.7 Å². The number of nitrogens with one attached hydrogen (secondary N) is 1. The van der Waals surface area contributed by atoms with Crippen LogP contribution in [-0.4, -0.2) is 68.2 Å². The van der Waals surface area contributed by atoms with Crippen LogP contribution >= 0.6 is 0 Å². The molecule has 1 N–H and O–H groups in total. The summed E-state index contributed by atoms with van der Waals surface area (Å²) in [6.07, 6.45) is 8.37. The summed E-state index contributed by atoms with van der Waals surface area (Å²) in [7, 11) is 0. The molecule has 0 aromatic carbocycles. The monoisotopic (exact) mass is 391 g/mol. The van der Waals surface area contributed by atoms with E-state index in [0.29, 0.717) is 13.2 Å². The molecule has 3 aromatic rings. The molecule has 5 heterocycles. The van der Waals surface area contributed by atoms with Crippen molar-refractivity contribution in [3.63, 3.8) is 0 Å². The molecule has 1 fully saturated rings. The molecule has 1 saturated heterocycles. The van der Waals surface area contributed by atoms with Crippen molar-refractivity contribution in [1.29, 1.82) is 0 Å². The van der Waals surface area contributed by atoms with E-state index in [2.05, 4.69) is 45.8 Å². The molecule has 0 aliphatic carbocycles. The maximum Gasteiger partial charge on any atom is 0.177 e. The van der Waals surface area contributed by atoms with E-state index in [4.69, 9.17) is 21.2 Å². The highest BCUT2D eigenvalue weighted by Gasteiger charge is 2.28. The molecule has 1 unspecified atom stereocenters. The van der Waals surface area contributed by atoms with Crippen LogP contribution in [0.15, 0.2) is 18.3 Å². The first-order valence-corrected chi connectivity index (χ1v) is 10.1. The smallest absolute Gasteiger partial charge is 0.177 e. The quantitative estimate of drug-likeness (QED) is 0.686. The summed E-state index contributed by atoms with van der Waals surface area (Å²) < 4.78 is 7.49. The van der Waals surface area contributed by atoms with Crippen molar-refractivity contribution < 1.29 is 4.74 Å². The fraction of sp³-hybridized carbons (Fsp3) is 0.476. The van der Waals surface area contributed by atoms with Crippen LogP contribution in [0.3, 0.4) is 0 Å². The summed E-state index contributed by atoms with van der Waals surface area (Å²) in [6.45, 7) is 8.16. The molecule has 29 heavy (non-hydrogen) atoms. The van der Waals surface area contributed by atoms with E-state index in [1.165, 1.54) is 5.56 Å². The summed E-state index contributed by atoms with van der Waals surface area (Å²) in [4.78, 5) is 9.71. The number of morpholine rings is 1. The van der Waals surface area contributed by atoms with Gasteiger partial charge in [0.05, 0.1) is 31.0 Å². The fourth-order valence-electron chi connectivity index (χ4n) is 4.28. The Balaban J connectivity index is 1.69. The number of pyridine rings is 1.